The number of rotatable bonds is 19. The van der Waals surface area contributed by atoms with Crippen LogP contribution in [-0.4, -0.2) is 175 Å². The van der Waals surface area contributed by atoms with E-state index >= 15 is 0 Å². The molecule has 0 bridgehead atoms. The second-order valence-electron chi connectivity index (χ2n) is 35.7. The molecule has 0 radical (unpaired) electrons. The first-order chi connectivity index (χ1) is 56.9. The average molecular weight is 1700 g/mol. The van der Waals surface area contributed by atoms with Crippen molar-refractivity contribution in [3.05, 3.63) is 145 Å². The summed E-state index contributed by atoms with van der Waals surface area (Å²) >= 11 is 5.17. The molecule has 6 amide bonds. The molecule has 32 heteroatoms. The van der Waals surface area contributed by atoms with Crippen molar-refractivity contribution in [2.24, 2.45) is 17.8 Å². The molecule has 640 valence electrons. The van der Waals surface area contributed by atoms with Gasteiger partial charge in [-0.25, -0.2) is 39.5 Å². The van der Waals surface area contributed by atoms with Gasteiger partial charge in [0.25, 0.3) is 0 Å². The predicted octanol–water partition coefficient (Wildman–Crippen LogP) is 11.7. The van der Waals surface area contributed by atoms with Gasteiger partial charge in [-0.15, -0.1) is 34.0 Å². The molecule has 6 aromatic heterocycles. The molecule has 9 aromatic rings. The Labute approximate surface area is 732 Å². The number of carboxylic acid groups (broad SMARTS) is 1. The van der Waals surface area contributed by atoms with Gasteiger partial charge in [-0.05, 0) is 291 Å². The van der Waals surface area contributed by atoms with E-state index in [1.54, 1.807) is 86.1 Å². The van der Waals surface area contributed by atoms with Gasteiger partial charge in [0, 0.05) is 56.9 Å². The number of hydrogen-bond acceptors (Lipinski definition) is 25. The van der Waals surface area contributed by atoms with E-state index in [4.69, 9.17) is 30.2 Å². The van der Waals surface area contributed by atoms with Crippen LogP contribution in [0, 0.1) is 17.8 Å². The summed E-state index contributed by atoms with van der Waals surface area (Å²) in [7, 11) is 12.3. The first-order valence-corrected chi connectivity index (χ1v) is 43.9. The number of thiazole rings is 3. The van der Waals surface area contributed by atoms with Gasteiger partial charge >= 0.3 is 54.7 Å². The molecule has 6 atom stereocenters. The number of ketones is 1. The maximum atomic E-state index is 13.6. The Bertz CT molecular complexity index is 5230. The molecule has 3 saturated heterocycles. The number of hydrogen-bond donors (Lipinski definition) is 6. The fraction of sp³-hybridized carbons (Fsp3) is 0.506. The van der Waals surface area contributed by atoms with Crippen LogP contribution in [-0.2, 0) is 64.3 Å². The molecule has 121 heavy (non-hydrogen) atoms. The van der Waals surface area contributed by atoms with Crippen LogP contribution in [0.15, 0.2) is 91.4 Å². The van der Waals surface area contributed by atoms with Crippen LogP contribution in [0.5, 0.6) is 0 Å². The number of nitrogens with zero attached hydrogens (tertiary/aromatic N) is 11. The minimum absolute atomic E-state index is 0. The van der Waals surface area contributed by atoms with Gasteiger partial charge in [-0.3, -0.25) is 34.6 Å². The van der Waals surface area contributed by atoms with E-state index in [0.29, 0.717) is 65.4 Å². The number of likely N-dealkylation sites (tertiary alicyclic amines) is 2. The maximum Gasteiger partial charge on any atom is 1.00 e. The summed E-state index contributed by atoms with van der Waals surface area (Å²) in [5.74, 6) is -1.53. The van der Waals surface area contributed by atoms with Crippen LogP contribution in [0.25, 0.3) is 30.6 Å². The van der Waals surface area contributed by atoms with Gasteiger partial charge < -0.3 is 65.6 Å². The summed E-state index contributed by atoms with van der Waals surface area (Å²) in [4.78, 5) is 136. The van der Waals surface area contributed by atoms with Gasteiger partial charge in [0.05, 0.1) is 66.5 Å². The number of aliphatic carboxylic acids is 1. The van der Waals surface area contributed by atoms with E-state index in [1.165, 1.54) is 46.7 Å². The summed E-state index contributed by atoms with van der Waals surface area (Å²) in [6, 6.07) is 24.7. The normalized spacial score (nSPS) is 19.2. The first-order valence-electron chi connectivity index (χ1n) is 41.5. The van der Waals surface area contributed by atoms with Crippen LogP contribution in [0.4, 0.5) is 38.4 Å². The minimum Gasteiger partial charge on any atom is -0.542 e. The number of anilines is 5. The number of carbonyl (C=O) groups is 8. The number of carboxylic acids is 1. The van der Waals surface area contributed by atoms with Crippen molar-refractivity contribution >= 4 is 141 Å². The zero-order valence-electron chi connectivity index (χ0n) is 72.5. The molecule has 6 fully saturated rings. The Hall–Kier alpha value is -9.42. The second-order valence-corrected chi connectivity index (χ2v) is 39.0. The molecule has 7 N–H and O–H groups in total. The molecule has 0 unspecified atom stereocenters. The van der Waals surface area contributed by atoms with Crippen molar-refractivity contribution < 1.29 is 71.8 Å². The summed E-state index contributed by atoms with van der Waals surface area (Å²) in [5, 5.41) is 28.4. The number of ether oxygens (including phenoxy) is 2. The Morgan fingerprint density at radius 2 is 0.884 bits per heavy atom. The molecule has 6 aliphatic rings. The molecule has 3 saturated carbocycles. The van der Waals surface area contributed by atoms with Crippen molar-refractivity contribution in [1.29, 1.82) is 0 Å². The number of carbonyl (C=O) groups excluding carboxylic acids is 8. The van der Waals surface area contributed by atoms with Crippen LogP contribution < -0.4 is 56.3 Å². The quantitative estimate of drug-likeness (QED) is 0.0323. The van der Waals surface area contributed by atoms with E-state index < -0.39 is 58.8 Å². The third kappa shape index (κ3) is 26.1. The van der Waals surface area contributed by atoms with Crippen molar-refractivity contribution in [3.63, 3.8) is 0 Å². The molecule has 3 aliphatic carbocycles. The van der Waals surface area contributed by atoms with E-state index in [2.05, 4.69) is 146 Å². The van der Waals surface area contributed by atoms with E-state index in [1.807, 2.05) is 45.6 Å². The molecular formula is C89H114LiN17O11S3. The molecule has 15 rings (SSSR count). The fourth-order valence-electron chi connectivity index (χ4n) is 15.1. The standard InChI is InChI=1S/C31H40N6O4S.C26H32N6O2S.C16H23N3S.C16H20N2O5.Li/c1-18-7-11-24(20-10-12-25-23(13-20)34-26(42-25)17-36(5)6)37(16-18)29(39)28(38)33-21-14-22(19-8-9-19)27(32-15-21)35-30(40)41-31(2,3)4;1-15-4-8-21(17-7-9-22-20(10-17)30-23(35-22)14-31(2)3)32(13-15)26(34)25(33)29-18-11-19(16-5-6-16)24(27)28-12-18;1-11-4-6-13(17-9-11)12-5-7-15-14(8-12)18-16(20-15)10-19(2)3;1-16(2,3)23-15(22)18-13-11(10-4-5-10)6-9(8-17-13)7-12(19)14(20)21;/h10,12-15,18-19,24H,7-9,11,16-17H2,1-6H3,(H,33,38)(H,32,35,40);7,9-12,15-16,21H,4-6,8,13-14H2,1-3H3,(H2,27,28)(H,29,33);5,7-8,11,13,17H,4,6,9-10H2,1-3H3;6,8,10H,4-5,7H2,1-3H3,(H,20,21)(H,17,18,22);/q;;;;+1/p-1/t18-,24+;15-,21+;11-,13+;;/m000../s1. The van der Waals surface area contributed by atoms with Crippen LogP contribution in [0.3, 0.4) is 0 Å². The number of nitrogens with two attached hydrogens (primary N) is 1. The van der Waals surface area contributed by atoms with E-state index in [-0.39, 0.29) is 55.1 Å². The fourth-order valence-corrected chi connectivity index (χ4v) is 18.3. The van der Waals surface area contributed by atoms with Crippen LogP contribution in [0.1, 0.15) is 229 Å². The van der Waals surface area contributed by atoms with Crippen molar-refractivity contribution in [2.45, 2.75) is 212 Å². The summed E-state index contributed by atoms with van der Waals surface area (Å²) < 4.78 is 14.1. The number of nitrogens with one attached hydrogen (secondary N) is 5. The zero-order chi connectivity index (χ0) is 86.2. The maximum absolute atomic E-state index is 13.6. The van der Waals surface area contributed by atoms with Crippen LogP contribution in [0.2, 0.25) is 0 Å². The Morgan fingerprint density at radius 1 is 0.496 bits per heavy atom. The Kier molecular flexibility index (Phi) is 30.7. The van der Waals surface area contributed by atoms with Gasteiger partial charge in [0.2, 0.25) is 0 Å². The molecule has 28 nitrogen and oxygen atoms in total. The SMILES string of the molecule is CC(C)(C)OC(=O)Nc1ncc(CC(=O)C(=O)[O-])cc1C1CC1.C[C@H]1CC[C@H](c2ccc3sc(CN(C)C)nc3c2)N(C(=O)C(=O)Nc2cnc(N)c(C3CC3)c2)C1.C[C@H]1CC[C@H](c2ccc3sc(CN(C)C)nc3c2)N(C(=O)C(=O)Nc2cnc(NC(=O)OC(C)(C)C)c(C3CC3)c2)C1.C[C@H]1CC[C@H](c2ccc3sc(CN(C)C)nc3c2)NC1.[Li+]. The number of nitrogen functional groups attached to an aromatic ring is 1. The summed E-state index contributed by atoms with van der Waals surface area (Å²) in [6.45, 7) is 21.9. The Balaban J connectivity index is 0.000000164. The number of fused-ring (bicyclic) bond motifs is 3. The van der Waals surface area contributed by atoms with E-state index in [0.717, 1.165) is 160 Å². The van der Waals surface area contributed by atoms with Crippen molar-refractivity contribution in [1.82, 2.24) is 59.7 Å². The first kappa shape index (κ1) is 92.3. The minimum atomic E-state index is -1.71. The molecule has 9 heterocycles. The molecule has 3 aromatic carbocycles. The summed E-state index contributed by atoms with van der Waals surface area (Å²) in [6.07, 6.45) is 15.0. The zero-order valence-corrected chi connectivity index (χ0v) is 75.0. The van der Waals surface area contributed by atoms with Gasteiger partial charge in [0.1, 0.15) is 49.6 Å². The number of benzene rings is 3. The summed E-state index contributed by atoms with van der Waals surface area (Å²) in [5.41, 5.74) is 15.1. The Morgan fingerprint density at radius 3 is 1.29 bits per heavy atom. The number of amides is 6. The number of pyridine rings is 3. The van der Waals surface area contributed by atoms with Crippen LogP contribution >= 0.6 is 34.0 Å². The third-order valence-corrected chi connectivity index (χ3v) is 24.4. The number of piperidine rings is 3. The topological polar surface area (TPSA) is 358 Å². The second kappa shape index (κ2) is 40.3. The largest absolute Gasteiger partial charge is 1.00 e. The molecule has 3 aliphatic heterocycles. The average Bonchev–Trinajstić information content (AvgIpc) is 1.71. The molecule has 0 spiro atoms. The van der Waals surface area contributed by atoms with Gasteiger partial charge in [-0.2, -0.15) is 0 Å². The van der Waals surface area contributed by atoms with E-state index in [9.17, 15) is 43.5 Å². The van der Waals surface area contributed by atoms with Gasteiger partial charge in [0.15, 0.2) is 5.78 Å². The number of Topliss-reactive ketones (excluding diaryl/α,β-unsaturated/α-hetero) is 1. The van der Waals surface area contributed by atoms with Crippen molar-refractivity contribution in [3.8, 4) is 0 Å². The number of aromatic nitrogens is 6. The van der Waals surface area contributed by atoms with Crippen molar-refractivity contribution in [2.75, 3.05) is 88.9 Å². The predicted molar refractivity (Wildman–Crippen MR) is 470 cm³/mol. The smallest absolute Gasteiger partial charge is 0.542 e. The monoisotopic (exact) mass is 1700 g/mol. The third-order valence-electron chi connectivity index (χ3n) is 21.3. The van der Waals surface area contributed by atoms with Gasteiger partial charge in [-0.1, -0.05) is 39.0 Å². The molecular weight excluding hydrogens is 1590 g/mol.